The molecule has 0 amide bonds. The molecule has 0 aromatic heterocycles. The van der Waals surface area contributed by atoms with Gasteiger partial charge in [0.25, 0.3) is 0 Å². The molecule has 0 spiro atoms. The lowest BCUT2D eigenvalue weighted by Crippen LogP contribution is -2.37. The molecule has 2 unspecified atom stereocenters. The first-order valence-corrected chi connectivity index (χ1v) is 7.17. The summed E-state index contributed by atoms with van der Waals surface area (Å²) in [7, 11) is 0. The van der Waals surface area contributed by atoms with Gasteiger partial charge in [0, 0.05) is 12.2 Å². The lowest BCUT2D eigenvalue weighted by atomic mass is 9.94. The maximum Gasteiger partial charge on any atom is 0.331 e. The van der Waals surface area contributed by atoms with Crippen LogP contribution in [-0.2, 0) is 28.7 Å². The topological polar surface area (TPSA) is 86.7 Å². The highest BCUT2D eigenvalue weighted by Gasteiger charge is 2.30. The minimum atomic E-state index is -0.637. The Balaban J connectivity index is 2.59. The highest BCUT2D eigenvalue weighted by molar-refractivity contribution is 5.95. The summed E-state index contributed by atoms with van der Waals surface area (Å²) < 4.78 is 10.5. The molecule has 2 atom stereocenters. The number of carbonyl (C=O) groups is 4. The number of allylic oxidation sites excluding steroid dienone is 2. The van der Waals surface area contributed by atoms with E-state index < -0.39 is 24.1 Å². The van der Waals surface area contributed by atoms with Gasteiger partial charge < -0.3 is 9.47 Å². The van der Waals surface area contributed by atoms with Crippen molar-refractivity contribution in [3.8, 4) is 0 Å². The van der Waals surface area contributed by atoms with Crippen LogP contribution in [0.5, 0.6) is 0 Å². The molecule has 0 aromatic carbocycles. The summed E-state index contributed by atoms with van der Waals surface area (Å²) in [6.45, 7) is 2.66. The predicted molar refractivity (Wildman–Crippen MR) is 77.9 cm³/mol. The fraction of sp³-hybridized carbons (Fsp3) is 0.500. The lowest BCUT2D eigenvalue weighted by molar-refractivity contribution is -0.165. The van der Waals surface area contributed by atoms with E-state index in [4.69, 9.17) is 9.47 Å². The van der Waals surface area contributed by atoms with Crippen LogP contribution in [0.15, 0.2) is 24.3 Å². The van der Waals surface area contributed by atoms with Crippen molar-refractivity contribution >= 4 is 23.5 Å². The van der Waals surface area contributed by atoms with Gasteiger partial charge in [-0.15, -0.1) is 0 Å². The van der Waals surface area contributed by atoms with E-state index >= 15 is 0 Å². The number of rotatable bonds is 6. The van der Waals surface area contributed by atoms with E-state index in [1.54, 1.807) is 0 Å². The molecular formula is C16H20O6. The second-order valence-electron chi connectivity index (χ2n) is 5.12. The van der Waals surface area contributed by atoms with Crippen LogP contribution in [0.25, 0.3) is 0 Å². The maximum atomic E-state index is 11.6. The van der Waals surface area contributed by atoms with Gasteiger partial charge in [0.05, 0.1) is 0 Å². The minimum absolute atomic E-state index is 0.252. The number of esters is 2. The van der Waals surface area contributed by atoms with Crippen LogP contribution >= 0.6 is 0 Å². The molecule has 0 heterocycles. The summed E-state index contributed by atoms with van der Waals surface area (Å²) in [5.41, 5.74) is 0. The van der Waals surface area contributed by atoms with Crippen molar-refractivity contribution in [2.75, 3.05) is 0 Å². The molecule has 0 N–H and O–H groups in total. The Morgan fingerprint density at radius 3 is 1.41 bits per heavy atom. The Kier molecular flexibility index (Phi) is 7.22. The first kappa shape index (κ1) is 17.8. The second-order valence-corrected chi connectivity index (χ2v) is 5.12. The van der Waals surface area contributed by atoms with Crippen LogP contribution in [0.2, 0.25) is 0 Å². The summed E-state index contributed by atoms with van der Waals surface area (Å²) in [6.07, 6.45) is 6.22. The van der Waals surface area contributed by atoms with Crippen LogP contribution in [0.3, 0.4) is 0 Å². The van der Waals surface area contributed by atoms with Crippen LogP contribution in [0.4, 0.5) is 0 Å². The Morgan fingerprint density at radius 1 is 0.727 bits per heavy atom. The summed E-state index contributed by atoms with van der Waals surface area (Å²) in [4.78, 5) is 44.8. The SMILES string of the molecule is CC(=O)C=CC(=O)OC1CCCCC1OC(=O)C=CC(C)=O. The van der Waals surface area contributed by atoms with E-state index in [2.05, 4.69) is 0 Å². The van der Waals surface area contributed by atoms with E-state index in [1.165, 1.54) is 13.8 Å². The quantitative estimate of drug-likeness (QED) is 0.548. The molecule has 0 aromatic rings. The van der Waals surface area contributed by atoms with Crippen LogP contribution in [0, 0.1) is 0 Å². The van der Waals surface area contributed by atoms with Gasteiger partial charge in [-0.1, -0.05) is 0 Å². The molecule has 6 nitrogen and oxygen atoms in total. The van der Waals surface area contributed by atoms with Crippen LogP contribution in [0.1, 0.15) is 39.5 Å². The molecule has 120 valence electrons. The third-order valence-electron chi connectivity index (χ3n) is 3.09. The van der Waals surface area contributed by atoms with Gasteiger partial charge in [-0.05, 0) is 51.7 Å². The summed E-state index contributed by atoms with van der Waals surface area (Å²) in [6, 6.07) is 0. The van der Waals surface area contributed by atoms with Gasteiger partial charge in [-0.3, -0.25) is 9.59 Å². The first-order chi connectivity index (χ1) is 10.4. The largest absolute Gasteiger partial charge is 0.455 e. The molecule has 6 heteroatoms. The van der Waals surface area contributed by atoms with Crippen molar-refractivity contribution < 1.29 is 28.7 Å². The zero-order valence-corrected chi connectivity index (χ0v) is 12.7. The Bertz CT molecular complexity index is 457. The standard InChI is InChI=1S/C16H20O6/c1-11(17)7-9-15(19)21-13-5-3-4-6-14(13)22-16(20)10-8-12(2)18/h7-10,13-14H,3-6H2,1-2H3. The Labute approximate surface area is 129 Å². The van der Waals surface area contributed by atoms with E-state index in [1.807, 2.05) is 0 Å². The molecular weight excluding hydrogens is 288 g/mol. The fourth-order valence-electron chi connectivity index (χ4n) is 2.08. The molecule has 0 bridgehead atoms. The van der Waals surface area contributed by atoms with E-state index in [9.17, 15) is 19.2 Å². The average Bonchev–Trinajstić information content (AvgIpc) is 2.45. The van der Waals surface area contributed by atoms with Crippen molar-refractivity contribution in [3.05, 3.63) is 24.3 Å². The van der Waals surface area contributed by atoms with Crippen LogP contribution < -0.4 is 0 Å². The molecule has 1 rings (SSSR count). The maximum absolute atomic E-state index is 11.6. The van der Waals surface area contributed by atoms with E-state index in [0.717, 1.165) is 37.1 Å². The Hall–Kier alpha value is -2.24. The number of hydrogen-bond donors (Lipinski definition) is 0. The van der Waals surface area contributed by atoms with Gasteiger partial charge in [0.1, 0.15) is 12.2 Å². The third-order valence-corrected chi connectivity index (χ3v) is 3.09. The zero-order chi connectivity index (χ0) is 16.5. The third kappa shape index (κ3) is 6.97. The highest BCUT2D eigenvalue weighted by atomic mass is 16.6. The normalized spacial score (nSPS) is 21.7. The van der Waals surface area contributed by atoms with Crippen molar-refractivity contribution in [3.63, 3.8) is 0 Å². The Morgan fingerprint density at radius 2 is 1.09 bits per heavy atom. The van der Waals surface area contributed by atoms with E-state index in [0.29, 0.717) is 12.8 Å². The molecule has 0 radical (unpaired) electrons. The van der Waals surface area contributed by atoms with Gasteiger partial charge >= 0.3 is 11.9 Å². The molecule has 0 saturated heterocycles. The lowest BCUT2D eigenvalue weighted by Gasteiger charge is -2.30. The van der Waals surface area contributed by atoms with Crippen molar-refractivity contribution in [1.82, 2.24) is 0 Å². The van der Waals surface area contributed by atoms with Crippen molar-refractivity contribution in [2.45, 2.75) is 51.7 Å². The molecule has 1 aliphatic rings. The predicted octanol–water partition coefficient (Wildman–Crippen LogP) is 1.67. The summed E-state index contributed by atoms with van der Waals surface area (Å²) >= 11 is 0. The van der Waals surface area contributed by atoms with Crippen molar-refractivity contribution in [2.24, 2.45) is 0 Å². The number of hydrogen-bond acceptors (Lipinski definition) is 6. The molecule has 1 aliphatic carbocycles. The minimum Gasteiger partial charge on any atom is -0.455 e. The molecule has 1 fully saturated rings. The molecule has 1 saturated carbocycles. The molecule has 22 heavy (non-hydrogen) atoms. The summed E-state index contributed by atoms with van der Waals surface area (Å²) in [5.74, 6) is -1.78. The van der Waals surface area contributed by atoms with Gasteiger partial charge in [-0.2, -0.15) is 0 Å². The average molecular weight is 308 g/mol. The van der Waals surface area contributed by atoms with Gasteiger partial charge in [0.2, 0.25) is 0 Å². The number of ketones is 2. The van der Waals surface area contributed by atoms with E-state index in [-0.39, 0.29) is 11.6 Å². The van der Waals surface area contributed by atoms with Crippen LogP contribution in [-0.4, -0.2) is 35.7 Å². The second kappa shape index (κ2) is 8.92. The van der Waals surface area contributed by atoms with Gasteiger partial charge in [-0.25, -0.2) is 9.59 Å². The number of carbonyl (C=O) groups excluding carboxylic acids is 4. The highest BCUT2D eigenvalue weighted by Crippen LogP contribution is 2.24. The monoisotopic (exact) mass is 308 g/mol. The smallest absolute Gasteiger partial charge is 0.331 e. The summed E-state index contributed by atoms with van der Waals surface area (Å²) in [5, 5.41) is 0. The fourth-order valence-corrected chi connectivity index (χ4v) is 2.08. The number of ether oxygens (including phenoxy) is 2. The first-order valence-electron chi connectivity index (χ1n) is 7.17. The van der Waals surface area contributed by atoms with Crippen molar-refractivity contribution in [1.29, 1.82) is 0 Å². The molecule has 0 aliphatic heterocycles. The zero-order valence-electron chi connectivity index (χ0n) is 12.7. The van der Waals surface area contributed by atoms with Gasteiger partial charge in [0.15, 0.2) is 11.6 Å².